The minimum absolute atomic E-state index is 0.110. The van der Waals surface area contributed by atoms with Crippen molar-refractivity contribution in [3.63, 3.8) is 0 Å². The third-order valence-electron chi connectivity index (χ3n) is 4.26. The minimum atomic E-state index is -3.15. The average molecular weight is 385 g/mol. The maximum Gasteiger partial charge on any atom is 0.287 e. The maximum absolute atomic E-state index is 13.3. The number of rotatable bonds is 5. The van der Waals surface area contributed by atoms with Gasteiger partial charge in [-0.15, -0.1) is 0 Å². The molecule has 1 atom stereocenters. The number of carbonyl (C=O) groups is 1. The van der Waals surface area contributed by atoms with Crippen molar-refractivity contribution in [1.82, 2.24) is 5.01 Å². The van der Waals surface area contributed by atoms with E-state index in [0.29, 0.717) is 21.9 Å². The lowest BCUT2D eigenvalue weighted by Crippen LogP contribution is -2.51. The summed E-state index contributed by atoms with van der Waals surface area (Å²) in [6, 6.07) is 14.8. The first kappa shape index (κ1) is 19.5. The second-order valence-electron chi connectivity index (χ2n) is 6.43. The van der Waals surface area contributed by atoms with E-state index in [1.165, 1.54) is 19.1 Å². The molecule has 1 aliphatic heterocycles. The zero-order valence-corrected chi connectivity index (χ0v) is 15.0. The van der Waals surface area contributed by atoms with Gasteiger partial charge in [0.1, 0.15) is 12.4 Å². The topological polar surface area (TPSA) is 85.9 Å². The predicted molar refractivity (Wildman–Crippen MR) is 96.8 cm³/mol. The molecule has 0 saturated heterocycles. The van der Waals surface area contributed by atoms with E-state index < -0.39 is 24.5 Å². The van der Waals surface area contributed by atoms with Gasteiger partial charge in [-0.05, 0) is 48.9 Å². The highest BCUT2D eigenvalue weighted by molar-refractivity contribution is 5.97. The molecule has 1 N–H and O–H groups in total. The van der Waals surface area contributed by atoms with E-state index in [-0.39, 0.29) is 17.9 Å². The normalized spacial score (nSPS) is 18.7. The Morgan fingerprint density at radius 1 is 1.36 bits per heavy atom. The van der Waals surface area contributed by atoms with Crippen molar-refractivity contribution >= 4 is 11.6 Å². The molecule has 8 heteroatoms. The highest BCUT2D eigenvalue weighted by atomic mass is 19.3. The largest absolute Gasteiger partial charge is 0.489 e. The Hall–Kier alpha value is -3.31. The lowest BCUT2D eigenvalue weighted by atomic mass is 10.1. The first-order chi connectivity index (χ1) is 13.3. The standard InChI is InChI=1S/C20H17F2N3O3/c1-13-10-20(27,19(21)22)25(24-13)18(26)16-4-2-3-15(9-16)12-28-17-7-5-14(11-23)6-8-17/h2-9,19,27H,10,12H2,1H3. The van der Waals surface area contributed by atoms with Gasteiger partial charge >= 0.3 is 0 Å². The first-order valence-electron chi connectivity index (χ1n) is 8.44. The highest BCUT2D eigenvalue weighted by Crippen LogP contribution is 2.32. The quantitative estimate of drug-likeness (QED) is 0.856. The summed E-state index contributed by atoms with van der Waals surface area (Å²) in [6.07, 6.45) is -3.56. The van der Waals surface area contributed by atoms with Crippen molar-refractivity contribution in [2.75, 3.05) is 0 Å². The number of hydrogen-bond acceptors (Lipinski definition) is 5. The molecule has 1 aliphatic rings. The number of amides is 1. The van der Waals surface area contributed by atoms with Crippen LogP contribution >= 0.6 is 0 Å². The van der Waals surface area contributed by atoms with Gasteiger partial charge in [0, 0.05) is 17.7 Å². The molecule has 0 aromatic heterocycles. The van der Waals surface area contributed by atoms with Crippen LogP contribution in [0.3, 0.4) is 0 Å². The lowest BCUT2D eigenvalue weighted by molar-refractivity contribution is -0.164. The summed E-state index contributed by atoms with van der Waals surface area (Å²) in [5, 5.41) is 23.2. The van der Waals surface area contributed by atoms with E-state index in [4.69, 9.17) is 10.00 Å². The molecule has 2 aromatic carbocycles. The zero-order valence-electron chi connectivity index (χ0n) is 15.0. The van der Waals surface area contributed by atoms with Gasteiger partial charge in [-0.1, -0.05) is 12.1 Å². The molecular weight excluding hydrogens is 368 g/mol. The molecule has 0 aliphatic carbocycles. The Morgan fingerprint density at radius 3 is 2.71 bits per heavy atom. The van der Waals surface area contributed by atoms with Crippen molar-refractivity contribution in [3.8, 4) is 11.8 Å². The molecule has 0 bridgehead atoms. The Balaban J connectivity index is 1.75. The monoisotopic (exact) mass is 385 g/mol. The number of nitrogens with zero attached hydrogens (tertiary/aromatic N) is 3. The predicted octanol–water partition coefficient (Wildman–Crippen LogP) is 3.31. The number of carbonyl (C=O) groups excluding carboxylic acids is 1. The van der Waals surface area contributed by atoms with Gasteiger partial charge in [-0.3, -0.25) is 4.79 Å². The summed E-state index contributed by atoms with van der Waals surface area (Å²) in [4.78, 5) is 12.7. The zero-order chi connectivity index (χ0) is 20.3. The summed E-state index contributed by atoms with van der Waals surface area (Å²) in [5.41, 5.74) is -1.14. The molecule has 0 fully saturated rings. The van der Waals surface area contributed by atoms with Crippen molar-refractivity contribution in [1.29, 1.82) is 5.26 Å². The van der Waals surface area contributed by atoms with Gasteiger partial charge in [0.25, 0.3) is 12.3 Å². The van der Waals surface area contributed by atoms with Gasteiger partial charge in [-0.2, -0.15) is 15.4 Å². The fraction of sp³-hybridized carbons (Fsp3) is 0.250. The fourth-order valence-corrected chi connectivity index (χ4v) is 2.84. The van der Waals surface area contributed by atoms with Gasteiger partial charge in [0.05, 0.1) is 11.6 Å². The third-order valence-corrected chi connectivity index (χ3v) is 4.26. The number of halogens is 2. The number of hydrogen-bond donors (Lipinski definition) is 1. The number of aliphatic hydroxyl groups is 1. The van der Waals surface area contributed by atoms with Crippen LogP contribution in [-0.2, 0) is 6.61 Å². The SMILES string of the molecule is CC1=NN(C(=O)c2cccc(COc3ccc(C#N)cc3)c2)C(O)(C(F)F)C1. The van der Waals surface area contributed by atoms with Crippen molar-refractivity contribution in [2.24, 2.45) is 5.10 Å². The van der Waals surface area contributed by atoms with Crippen molar-refractivity contribution in [2.45, 2.75) is 32.1 Å². The molecule has 1 amide bonds. The van der Waals surface area contributed by atoms with Crippen LogP contribution in [0.15, 0.2) is 53.6 Å². The van der Waals surface area contributed by atoms with E-state index in [9.17, 15) is 18.7 Å². The molecule has 0 spiro atoms. The molecule has 2 aromatic rings. The van der Waals surface area contributed by atoms with E-state index in [0.717, 1.165) is 0 Å². The summed E-state index contributed by atoms with van der Waals surface area (Å²) >= 11 is 0. The van der Waals surface area contributed by atoms with Crippen LogP contribution in [-0.4, -0.2) is 33.9 Å². The fourth-order valence-electron chi connectivity index (χ4n) is 2.84. The Bertz CT molecular complexity index is 954. The molecule has 1 heterocycles. The second-order valence-corrected chi connectivity index (χ2v) is 6.43. The molecule has 6 nitrogen and oxygen atoms in total. The van der Waals surface area contributed by atoms with Crippen LogP contribution in [0, 0.1) is 11.3 Å². The molecule has 0 radical (unpaired) electrons. The van der Waals surface area contributed by atoms with E-state index in [1.54, 1.807) is 36.4 Å². The van der Waals surface area contributed by atoms with Crippen LogP contribution in [0.2, 0.25) is 0 Å². The second kappa shape index (κ2) is 7.74. The average Bonchev–Trinajstić information content (AvgIpc) is 3.02. The van der Waals surface area contributed by atoms with E-state index >= 15 is 0 Å². The Kier molecular flexibility index (Phi) is 5.38. The van der Waals surface area contributed by atoms with Crippen LogP contribution in [0.1, 0.15) is 34.8 Å². The molecule has 28 heavy (non-hydrogen) atoms. The number of benzene rings is 2. The molecule has 144 valence electrons. The smallest absolute Gasteiger partial charge is 0.287 e. The van der Waals surface area contributed by atoms with Crippen molar-refractivity contribution in [3.05, 3.63) is 65.2 Å². The van der Waals surface area contributed by atoms with Crippen LogP contribution in [0.4, 0.5) is 8.78 Å². The van der Waals surface area contributed by atoms with Gasteiger partial charge in [-0.25, -0.2) is 8.78 Å². The van der Waals surface area contributed by atoms with E-state index in [1.807, 2.05) is 6.07 Å². The van der Waals surface area contributed by atoms with Crippen LogP contribution in [0.25, 0.3) is 0 Å². The lowest BCUT2D eigenvalue weighted by Gasteiger charge is -2.30. The summed E-state index contributed by atoms with van der Waals surface area (Å²) < 4.78 is 32.2. The van der Waals surface area contributed by atoms with Gasteiger partial charge < -0.3 is 9.84 Å². The maximum atomic E-state index is 13.3. The van der Waals surface area contributed by atoms with Crippen molar-refractivity contribution < 1.29 is 23.4 Å². The Morgan fingerprint density at radius 2 is 2.07 bits per heavy atom. The summed E-state index contributed by atoms with van der Waals surface area (Å²) in [6.45, 7) is 1.61. The molecule has 3 rings (SSSR count). The molecular formula is C20H17F2N3O3. The third kappa shape index (κ3) is 3.85. The van der Waals surface area contributed by atoms with Gasteiger partial charge in [0.2, 0.25) is 5.72 Å². The number of hydrazone groups is 1. The Labute approximate surface area is 160 Å². The van der Waals surface area contributed by atoms with E-state index in [2.05, 4.69) is 5.10 Å². The summed E-state index contributed by atoms with van der Waals surface area (Å²) in [7, 11) is 0. The minimum Gasteiger partial charge on any atom is -0.489 e. The first-order valence-corrected chi connectivity index (χ1v) is 8.44. The summed E-state index contributed by atoms with van der Waals surface area (Å²) in [5.74, 6) is -0.276. The molecule has 1 unspecified atom stereocenters. The van der Waals surface area contributed by atoms with Crippen LogP contribution < -0.4 is 4.74 Å². The highest BCUT2D eigenvalue weighted by Gasteiger charge is 2.51. The number of nitriles is 1. The number of ether oxygens (including phenoxy) is 1. The molecule has 0 saturated carbocycles. The number of alkyl halides is 2. The van der Waals surface area contributed by atoms with Gasteiger partial charge in [0.15, 0.2) is 0 Å². The van der Waals surface area contributed by atoms with Crippen LogP contribution in [0.5, 0.6) is 5.75 Å².